The first-order valence-corrected chi connectivity index (χ1v) is 7.00. The Morgan fingerprint density at radius 2 is 2.44 bits per heavy atom. The van der Waals surface area contributed by atoms with E-state index in [1.165, 1.54) is 11.3 Å². The van der Waals surface area contributed by atoms with Crippen molar-refractivity contribution in [1.82, 2.24) is 20.1 Å². The molecule has 0 unspecified atom stereocenters. The molecule has 1 aliphatic heterocycles. The van der Waals surface area contributed by atoms with Gasteiger partial charge in [0.15, 0.2) is 0 Å². The van der Waals surface area contributed by atoms with E-state index in [0.29, 0.717) is 6.54 Å². The summed E-state index contributed by atoms with van der Waals surface area (Å²) in [6.07, 6.45) is 2.91. The Kier molecular flexibility index (Phi) is 3.10. The zero-order valence-electron chi connectivity index (χ0n) is 9.93. The van der Waals surface area contributed by atoms with Gasteiger partial charge in [-0.3, -0.25) is 4.79 Å². The van der Waals surface area contributed by atoms with Crippen molar-refractivity contribution in [2.45, 2.75) is 25.8 Å². The molecular weight excluding hydrogens is 248 g/mol. The van der Waals surface area contributed by atoms with Crippen molar-refractivity contribution < 1.29 is 4.79 Å². The molecule has 3 rings (SSSR count). The van der Waals surface area contributed by atoms with Gasteiger partial charge in [-0.2, -0.15) is 11.3 Å². The zero-order valence-corrected chi connectivity index (χ0v) is 10.7. The van der Waals surface area contributed by atoms with E-state index in [-0.39, 0.29) is 5.91 Å². The topological polar surface area (TPSA) is 59.8 Å². The minimum Gasteiger partial charge on any atom is -0.352 e. The summed E-state index contributed by atoms with van der Waals surface area (Å²) in [4.78, 5) is 11.7. The maximum Gasteiger partial charge on any atom is 0.252 e. The van der Waals surface area contributed by atoms with Crippen LogP contribution in [0.25, 0.3) is 0 Å². The summed E-state index contributed by atoms with van der Waals surface area (Å²) < 4.78 is 2.16. The monoisotopic (exact) mass is 262 g/mol. The second-order valence-electron chi connectivity index (χ2n) is 4.31. The van der Waals surface area contributed by atoms with Crippen LogP contribution in [0.5, 0.6) is 0 Å². The van der Waals surface area contributed by atoms with Gasteiger partial charge in [0.05, 0.1) is 0 Å². The standard InChI is InChI=1S/C12H14N4OS/c17-12(9-4-7-18-8-9)13-5-3-11-15-14-10-2-1-6-16(10)11/h4,7-8H,1-3,5-6H2,(H,13,17). The molecule has 0 fully saturated rings. The predicted octanol–water partition coefficient (Wildman–Crippen LogP) is 1.26. The second kappa shape index (κ2) is 4.89. The molecule has 1 amide bonds. The number of fused-ring (bicyclic) bond motifs is 1. The van der Waals surface area contributed by atoms with Crippen molar-refractivity contribution in [1.29, 1.82) is 0 Å². The molecule has 3 heterocycles. The summed E-state index contributed by atoms with van der Waals surface area (Å²) in [6.45, 7) is 1.61. The van der Waals surface area contributed by atoms with E-state index in [1.54, 1.807) is 0 Å². The third-order valence-electron chi connectivity index (χ3n) is 3.10. The number of nitrogens with one attached hydrogen (secondary N) is 1. The van der Waals surface area contributed by atoms with Gasteiger partial charge in [-0.1, -0.05) is 0 Å². The van der Waals surface area contributed by atoms with Crippen LogP contribution in [0.15, 0.2) is 16.8 Å². The lowest BCUT2D eigenvalue weighted by molar-refractivity contribution is 0.0954. The molecule has 94 valence electrons. The van der Waals surface area contributed by atoms with Crippen LogP contribution in [-0.2, 0) is 19.4 Å². The molecule has 2 aromatic rings. The van der Waals surface area contributed by atoms with E-state index in [9.17, 15) is 4.79 Å². The molecule has 0 saturated heterocycles. The van der Waals surface area contributed by atoms with Crippen molar-refractivity contribution in [3.05, 3.63) is 34.0 Å². The van der Waals surface area contributed by atoms with Gasteiger partial charge in [-0.15, -0.1) is 10.2 Å². The van der Waals surface area contributed by atoms with Crippen molar-refractivity contribution in [2.24, 2.45) is 0 Å². The fourth-order valence-electron chi connectivity index (χ4n) is 2.18. The first-order valence-electron chi connectivity index (χ1n) is 6.06. The van der Waals surface area contributed by atoms with Crippen molar-refractivity contribution in [2.75, 3.05) is 6.54 Å². The maximum atomic E-state index is 11.7. The van der Waals surface area contributed by atoms with Gasteiger partial charge in [0.2, 0.25) is 0 Å². The lowest BCUT2D eigenvalue weighted by atomic mass is 10.3. The smallest absolute Gasteiger partial charge is 0.252 e. The number of carbonyl (C=O) groups excluding carboxylic acids is 1. The highest BCUT2D eigenvalue weighted by atomic mass is 32.1. The lowest BCUT2D eigenvalue weighted by Gasteiger charge is -2.04. The average Bonchev–Trinajstić information content (AvgIpc) is 3.07. The van der Waals surface area contributed by atoms with Gasteiger partial charge in [0.1, 0.15) is 11.6 Å². The minimum absolute atomic E-state index is 0.0163. The number of hydrogen-bond acceptors (Lipinski definition) is 4. The number of amides is 1. The number of rotatable bonds is 4. The number of hydrogen-bond donors (Lipinski definition) is 1. The van der Waals surface area contributed by atoms with Crippen molar-refractivity contribution in [3.8, 4) is 0 Å². The second-order valence-corrected chi connectivity index (χ2v) is 5.09. The highest BCUT2D eigenvalue weighted by Crippen LogP contribution is 2.14. The third kappa shape index (κ3) is 2.15. The number of carbonyl (C=O) groups is 1. The van der Waals surface area contributed by atoms with E-state index < -0.39 is 0 Å². The molecular formula is C12H14N4OS. The van der Waals surface area contributed by atoms with Gasteiger partial charge >= 0.3 is 0 Å². The van der Waals surface area contributed by atoms with Crippen molar-refractivity contribution in [3.63, 3.8) is 0 Å². The normalized spacial score (nSPS) is 13.6. The third-order valence-corrected chi connectivity index (χ3v) is 3.79. The van der Waals surface area contributed by atoms with Crippen LogP contribution in [0.2, 0.25) is 0 Å². The van der Waals surface area contributed by atoms with E-state index >= 15 is 0 Å². The summed E-state index contributed by atoms with van der Waals surface area (Å²) in [7, 11) is 0. The Labute approximate surface area is 109 Å². The number of thiophene rings is 1. The summed E-state index contributed by atoms with van der Waals surface area (Å²) in [5, 5.41) is 15.0. The van der Waals surface area contributed by atoms with Crippen LogP contribution in [0.4, 0.5) is 0 Å². The fourth-order valence-corrected chi connectivity index (χ4v) is 2.82. The van der Waals surface area contributed by atoms with Crippen LogP contribution in [0.1, 0.15) is 28.4 Å². The largest absolute Gasteiger partial charge is 0.352 e. The molecule has 1 aliphatic rings. The Morgan fingerprint density at radius 1 is 1.50 bits per heavy atom. The maximum absolute atomic E-state index is 11.7. The lowest BCUT2D eigenvalue weighted by Crippen LogP contribution is -2.26. The van der Waals surface area contributed by atoms with E-state index in [1.807, 2.05) is 16.8 Å². The summed E-state index contributed by atoms with van der Waals surface area (Å²) >= 11 is 1.53. The van der Waals surface area contributed by atoms with E-state index in [2.05, 4.69) is 20.1 Å². The highest BCUT2D eigenvalue weighted by molar-refractivity contribution is 7.08. The summed E-state index contributed by atoms with van der Waals surface area (Å²) in [6, 6.07) is 1.83. The fraction of sp³-hybridized carbons (Fsp3) is 0.417. The first kappa shape index (κ1) is 11.4. The Morgan fingerprint density at radius 3 is 3.28 bits per heavy atom. The molecule has 0 atom stereocenters. The quantitative estimate of drug-likeness (QED) is 0.902. The molecule has 18 heavy (non-hydrogen) atoms. The van der Waals surface area contributed by atoms with Crippen LogP contribution < -0.4 is 5.32 Å². The van der Waals surface area contributed by atoms with Gasteiger partial charge in [-0.25, -0.2) is 0 Å². The van der Waals surface area contributed by atoms with Crippen LogP contribution >= 0.6 is 11.3 Å². The molecule has 0 aromatic carbocycles. The van der Waals surface area contributed by atoms with Crippen molar-refractivity contribution >= 4 is 17.2 Å². The van der Waals surface area contributed by atoms with Crippen LogP contribution in [0, 0.1) is 0 Å². The van der Waals surface area contributed by atoms with Gasteiger partial charge in [0, 0.05) is 36.9 Å². The van der Waals surface area contributed by atoms with Crippen LogP contribution in [0.3, 0.4) is 0 Å². The zero-order chi connectivity index (χ0) is 12.4. The predicted molar refractivity (Wildman–Crippen MR) is 68.7 cm³/mol. The molecule has 0 radical (unpaired) electrons. The molecule has 0 aliphatic carbocycles. The number of aryl methyl sites for hydroxylation is 1. The molecule has 6 heteroatoms. The molecule has 0 spiro atoms. The Bertz CT molecular complexity index is 546. The molecule has 0 saturated carbocycles. The number of nitrogens with zero attached hydrogens (tertiary/aromatic N) is 3. The Balaban J connectivity index is 1.54. The van der Waals surface area contributed by atoms with Gasteiger partial charge in [-0.05, 0) is 17.9 Å². The molecule has 0 bridgehead atoms. The Hall–Kier alpha value is -1.69. The first-order chi connectivity index (χ1) is 8.84. The average molecular weight is 262 g/mol. The van der Waals surface area contributed by atoms with E-state index in [4.69, 9.17) is 0 Å². The van der Waals surface area contributed by atoms with Crippen LogP contribution in [-0.4, -0.2) is 27.2 Å². The summed E-state index contributed by atoms with van der Waals surface area (Å²) in [5.41, 5.74) is 0.728. The SMILES string of the molecule is O=C(NCCc1nnc2n1CCC2)c1ccsc1. The van der Waals surface area contributed by atoms with Gasteiger partial charge in [0.25, 0.3) is 5.91 Å². The minimum atomic E-state index is -0.0163. The highest BCUT2D eigenvalue weighted by Gasteiger charge is 2.16. The van der Waals surface area contributed by atoms with E-state index in [0.717, 1.165) is 43.0 Å². The summed E-state index contributed by atoms with van der Waals surface area (Å²) in [5.74, 6) is 2.04. The van der Waals surface area contributed by atoms with Gasteiger partial charge < -0.3 is 9.88 Å². The molecule has 5 nitrogen and oxygen atoms in total. The molecule has 2 aromatic heterocycles. The molecule has 1 N–H and O–H groups in total. The number of aromatic nitrogens is 3.